The second-order valence-corrected chi connectivity index (χ2v) is 5.79. The molecular formula is C17H12BrNO4. The molecular weight excluding hydrogens is 362 g/mol. The van der Waals surface area contributed by atoms with Crippen molar-refractivity contribution in [2.75, 3.05) is 0 Å². The van der Waals surface area contributed by atoms with Crippen molar-refractivity contribution >= 4 is 32.9 Å². The van der Waals surface area contributed by atoms with Gasteiger partial charge in [-0.1, -0.05) is 28.1 Å². The summed E-state index contributed by atoms with van der Waals surface area (Å²) in [5.74, 6) is -0.434. The van der Waals surface area contributed by atoms with Gasteiger partial charge in [0.25, 0.3) is 0 Å². The first kappa shape index (κ1) is 15.5. The monoisotopic (exact) mass is 373 g/mol. The smallest absolute Gasteiger partial charge is 0.351 e. The van der Waals surface area contributed by atoms with Crippen LogP contribution < -0.4 is 16.1 Å². The molecule has 0 bridgehead atoms. The Morgan fingerprint density at radius 2 is 2.00 bits per heavy atom. The van der Waals surface area contributed by atoms with Crippen LogP contribution in [0.2, 0.25) is 0 Å². The Bertz CT molecular complexity index is 949. The first-order valence-corrected chi connectivity index (χ1v) is 7.61. The standard InChI is InChI=1S/C17H12BrNO4/c18-12-2-1-3-13(8-12)22-16(20)14-7-11-6-10(9-19)4-5-15(11)23-17(14)21/h1-8H,9,19H2. The Morgan fingerprint density at radius 1 is 1.17 bits per heavy atom. The van der Waals surface area contributed by atoms with Gasteiger partial charge in [0.15, 0.2) is 0 Å². The van der Waals surface area contributed by atoms with Crippen molar-refractivity contribution in [1.82, 2.24) is 0 Å². The fourth-order valence-corrected chi connectivity index (χ4v) is 2.51. The molecule has 1 aromatic heterocycles. The number of hydrogen-bond acceptors (Lipinski definition) is 5. The van der Waals surface area contributed by atoms with Gasteiger partial charge in [-0.05, 0) is 42.0 Å². The van der Waals surface area contributed by atoms with Gasteiger partial charge in [0, 0.05) is 16.4 Å². The minimum absolute atomic E-state index is 0.161. The van der Waals surface area contributed by atoms with E-state index in [1.54, 1.807) is 42.5 Å². The largest absolute Gasteiger partial charge is 0.423 e. The fraction of sp³-hybridized carbons (Fsp3) is 0.0588. The summed E-state index contributed by atoms with van der Waals surface area (Å²) in [5.41, 5.74) is 5.97. The van der Waals surface area contributed by atoms with Crippen LogP contribution in [0.15, 0.2) is 62.2 Å². The van der Waals surface area contributed by atoms with E-state index < -0.39 is 11.6 Å². The van der Waals surface area contributed by atoms with Crippen molar-refractivity contribution in [3.63, 3.8) is 0 Å². The zero-order chi connectivity index (χ0) is 16.4. The minimum atomic E-state index is -0.767. The van der Waals surface area contributed by atoms with Crippen LogP contribution in [0, 0.1) is 0 Å². The maximum Gasteiger partial charge on any atom is 0.351 e. The molecule has 0 saturated heterocycles. The minimum Gasteiger partial charge on any atom is -0.423 e. The zero-order valence-corrected chi connectivity index (χ0v) is 13.5. The summed E-state index contributed by atoms with van der Waals surface area (Å²) in [4.78, 5) is 24.2. The summed E-state index contributed by atoms with van der Waals surface area (Å²) in [6, 6.07) is 13.4. The number of benzene rings is 2. The summed E-state index contributed by atoms with van der Waals surface area (Å²) in [5, 5.41) is 0.619. The molecule has 0 spiro atoms. The van der Waals surface area contributed by atoms with Crippen molar-refractivity contribution in [3.8, 4) is 5.75 Å². The van der Waals surface area contributed by atoms with Crippen LogP contribution in [0.3, 0.4) is 0 Å². The van der Waals surface area contributed by atoms with Crippen molar-refractivity contribution in [2.24, 2.45) is 5.73 Å². The normalized spacial score (nSPS) is 10.7. The Kier molecular flexibility index (Phi) is 4.27. The van der Waals surface area contributed by atoms with Gasteiger partial charge >= 0.3 is 11.6 Å². The van der Waals surface area contributed by atoms with Crippen molar-refractivity contribution < 1.29 is 13.9 Å². The summed E-state index contributed by atoms with van der Waals surface area (Å²) >= 11 is 3.29. The van der Waals surface area contributed by atoms with Gasteiger partial charge in [-0.3, -0.25) is 0 Å². The van der Waals surface area contributed by atoms with Gasteiger partial charge in [-0.15, -0.1) is 0 Å². The van der Waals surface area contributed by atoms with Gasteiger partial charge in [-0.25, -0.2) is 9.59 Å². The quantitative estimate of drug-likeness (QED) is 0.432. The zero-order valence-electron chi connectivity index (χ0n) is 11.9. The molecule has 1 heterocycles. The molecule has 0 radical (unpaired) electrons. The van der Waals surface area contributed by atoms with E-state index in [0.717, 1.165) is 10.0 Å². The van der Waals surface area contributed by atoms with Crippen LogP contribution >= 0.6 is 15.9 Å². The van der Waals surface area contributed by atoms with E-state index in [0.29, 0.717) is 23.3 Å². The fourth-order valence-electron chi connectivity index (χ4n) is 2.13. The lowest BCUT2D eigenvalue weighted by Crippen LogP contribution is -2.18. The number of nitrogens with two attached hydrogens (primary N) is 1. The van der Waals surface area contributed by atoms with E-state index in [-0.39, 0.29) is 5.56 Å². The van der Waals surface area contributed by atoms with Crippen LogP contribution in [0.5, 0.6) is 5.75 Å². The molecule has 0 aliphatic heterocycles. The number of carbonyl (C=O) groups excluding carboxylic acids is 1. The lowest BCUT2D eigenvalue weighted by atomic mass is 10.1. The average Bonchev–Trinajstić information content (AvgIpc) is 2.53. The number of ether oxygens (including phenoxy) is 1. The van der Waals surface area contributed by atoms with E-state index in [1.165, 1.54) is 6.07 Å². The third-order valence-corrected chi connectivity index (χ3v) is 3.75. The summed E-state index contributed by atoms with van der Waals surface area (Å²) in [6.45, 7) is 0.354. The van der Waals surface area contributed by atoms with Gasteiger partial charge in [-0.2, -0.15) is 0 Å². The summed E-state index contributed by atoms with van der Waals surface area (Å²) < 4.78 is 11.1. The summed E-state index contributed by atoms with van der Waals surface area (Å²) in [7, 11) is 0. The maximum atomic E-state index is 12.2. The van der Waals surface area contributed by atoms with Crippen molar-refractivity contribution in [1.29, 1.82) is 0 Å². The molecule has 3 rings (SSSR count). The number of halogens is 1. The number of fused-ring (bicyclic) bond motifs is 1. The van der Waals surface area contributed by atoms with Crippen LogP contribution in [0.1, 0.15) is 15.9 Å². The SMILES string of the molecule is NCc1ccc2oc(=O)c(C(=O)Oc3cccc(Br)c3)cc2c1. The highest BCUT2D eigenvalue weighted by Gasteiger charge is 2.16. The highest BCUT2D eigenvalue weighted by Crippen LogP contribution is 2.20. The van der Waals surface area contributed by atoms with E-state index in [1.807, 2.05) is 0 Å². The highest BCUT2D eigenvalue weighted by molar-refractivity contribution is 9.10. The van der Waals surface area contributed by atoms with Gasteiger partial charge in [0.05, 0.1) is 0 Å². The van der Waals surface area contributed by atoms with Gasteiger partial charge in [0.1, 0.15) is 16.9 Å². The molecule has 0 amide bonds. The lowest BCUT2D eigenvalue weighted by Gasteiger charge is -2.05. The van der Waals surface area contributed by atoms with Gasteiger partial charge < -0.3 is 14.9 Å². The number of carbonyl (C=O) groups is 1. The molecule has 23 heavy (non-hydrogen) atoms. The molecule has 0 fully saturated rings. The molecule has 5 nitrogen and oxygen atoms in total. The summed E-state index contributed by atoms with van der Waals surface area (Å²) in [6.07, 6.45) is 0. The predicted octanol–water partition coefficient (Wildman–Crippen LogP) is 3.23. The Labute approximate surface area is 139 Å². The topological polar surface area (TPSA) is 82.5 Å². The Morgan fingerprint density at radius 3 is 2.74 bits per heavy atom. The maximum absolute atomic E-state index is 12.2. The molecule has 0 atom stereocenters. The third-order valence-electron chi connectivity index (χ3n) is 3.26. The van der Waals surface area contributed by atoms with Crippen LogP contribution in [-0.2, 0) is 6.54 Å². The Balaban J connectivity index is 1.99. The van der Waals surface area contributed by atoms with E-state index in [4.69, 9.17) is 14.9 Å². The molecule has 0 aliphatic rings. The molecule has 3 aromatic rings. The second-order valence-electron chi connectivity index (χ2n) is 4.87. The first-order chi connectivity index (χ1) is 11.1. The lowest BCUT2D eigenvalue weighted by molar-refractivity contribution is 0.0730. The number of esters is 1. The highest BCUT2D eigenvalue weighted by atomic mass is 79.9. The van der Waals surface area contributed by atoms with Crippen molar-refractivity contribution in [3.05, 3.63) is 74.6 Å². The van der Waals surface area contributed by atoms with E-state index in [2.05, 4.69) is 15.9 Å². The van der Waals surface area contributed by atoms with E-state index in [9.17, 15) is 9.59 Å². The molecule has 0 saturated carbocycles. The van der Waals surface area contributed by atoms with Crippen LogP contribution in [0.4, 0.5) is 0 Å². The molecule has 0 aliphatic carbocycles. The van der Waals surface area contributed by atoms with Crippen LogP contribution in [-0.4, -0.2) is 5.97 Å². The second kappa shape index (κ2) is 6.36. The average molecular weight is 374 g/mol. The van der Waals surface area contributed by atoms with E-state index >= 15 is 0 Å². The Hall–Kier alpha value is -2.44. The molecule has 116 valence electrons. The number of rotatable bonds is 3. The molecule has 6 heteroatoms. The first-order valence-electron chi connectivity index (χ1n) is 6.81. The molecule has 2 aromatic carbocycles. The van der Waals surface area contributed by atoms with Crippen molar-refractivity contribution in [2.45, 2.75) is 6.54 Å². The predicted molar refractivity (Wildman–Crippen MR) is 89.5 cm³/mol. The number of hydrogen-bond donors (Lipinski definition) is 1. The van der Waals surface area contributed by atoms with Gasteiger partial charge in [0.2, 0.25) is 0 Å². The van der Waals surface area contributed by atoms with Crippen LogP contribution in [0.25, 0.3) is 11.0 Å². The molecule has 0 unspecified atom stereocenters. The molecule has 2 N–H and O–H groups in total. The third kappa shape index (κ3) is 3.33.